The van der Waals surface area contributed by atoms with Crippen LogP contribution in [0.1, 0.15) is 38.5 Å². The van der Waals surface area contributed by atoms with Crippen molar-refractivity contribution >= 4 is 5.69 Å². The number of hydrogen-bond donors (Lipinski definition) is 1. The zero-order valence-electron chi connectivity index (χ0n) is 12.4. The molecule has 0 atom stereocenters. The van der Waals surface area contributed by atoms with Crippen molar-refractivity contribution in [3.8, 4) is 0 Å². The smallest absolute Gasteiger partial charge is 0.123 e. The number of hydrogen-bond acceptors (Lipinski definition) is 2. The van der Waals surface area contributed by atoms with Gasteiger partial charge in [0.2, 0.25) is 0 Å². The van der Waals surface area contributed by atoms with E-state index in [2.05, 4.69) is 17.3 Å². The zero-order chi connectivity index (χ0) is 14.0. The number of halogens is 1. The van der Waals surface area contributed by atoms with Gasteiger partial charge in [0.15, 0.2) is 0 Å². The maximum absolute atomic E-state index is 13.0. The van der Waals surface area contributed by atoms with Crippen LogP contribution < -0.4 is 10.2 Å². The molecule has 0 heterocycles. The Balaban J connectivity index is 1.63. The average Bonchev–Trinajstić information content (AvgIpc) is 3.17. The van der Waals surface area contributed by atoms with Gasteiger partial charge in [0, 0.05) is 37.3 Å². The Kier molecular flexibility index (Phi) is 3.97. The van der Waals surface area contributed by atoms with Gasteiger partial charge in [-0.1, -0.05) is 12.8 Å². The van der Waals surface area contributed by atoms with E-state index in [0.29, 0.717) is 5.41 Å². The van der Waals surface area contributed by atoms with Crippen molar-refractivity contribution in [2.75, 3.05) is 25.0 Å². The van der Waals surface area contributed by atoms with Gasteiger partial charge < -0.3 is 10.2 Å². The highest BCUT2D eigenvalue weighted by Crippen LogP contribution is 2.39. The van der Waals surface area contributed by atoms with Crippen molar-refractivity contribution in [1.82, 2.24) is 5.32 Å². The van der Waals surface area contributed by atoms with Gasteiger partial charge in [-0.05, 0) is 49.9 Å². The van der Waals surface area contributed by atoms with Gasteiger partial charge in [-0.2, -0.15) is 0 Å². The van der Waals surface area contributed by atoms with Crippen LogP contribution in [-0.4, -0.2) is 26.2 Å². The van der Waals surface area contributed by atoms with Crippen LogP contribution in [0.25, 0.3) is 0 Å². The highest BCUT2D eigenvalue weighted by molar-refractivity contribution is 5.45. The van der Waals surface area contributed by atoms with E-state index in [-0.39, 0.29) is 5.82 Å². The predicted octanol–water partition coefficient (Wildman–Crippen LogP) is 3.57. The first-order valence-corrected chi connectivity index (χ1v) is 7.87. The fourth-order valence-electron chi connectivity index (χ4n) is 3.45. The Labute approximate surface area is 121 Å². The largest absolute Gasteiger partial charge is 0.374 e. The molecule has 20 heavy (non-hydrogen) atoms. The Morgan fingerprint density at radius 2 is 1.85 bits per heavy atom. The van der Waals surface area contributed by atoms with Crippen LogP contribution in [0.2, 0.25) is 0 Å². The summed E-state index contributed by atoms with van der Waals surface area (Å²) in [7, 11) is 2.13. The zero-order valence-corrected chi connectivity index (χ0v) is 12.4. The Hall–Kier alpha value is -1.09. The van der Waals surface area contributed by atoms with Gasteiger partial charge in [0.05, 0.1) is 0 Å². The number of benzene rings is 1. The normalized spacial score (nSPS) is 21.1. The summed E-state index contributed by atoms with van der Waals surface area (Å²) in [4.78, 5) is 2.29. The lowest BCUT2D eigenvalue weighted by molar-refractivity contribution is 0.285. The van der Waals surface area contributed by atoms with Gasteiger partial charge >= 0.3 is 0 Å². The van der Waals surface area contributed by atoms with Crippen molar-refractivity contribution < 1.29 is 4.39 Å². The van der Waals surface area contributed by atoms with E-state index < -0.39 is 0 Å². The molecule has 0 radical (unpaired) electrons. The van der Waals surface area contributed by atoms with E-state index in [0.717, 1.165) is 24.8 Å². The summed E-state index contributed by atoms with van der Waals surface area (Å²) < 4.78 is 13.0. The molecule has 1 aromatic carbocycles. The number of rotatable bonds is 6. The van der Waals surface area contributed by atoms with Crippen LogP contribution >= 0.6 is 0 Å². The Morgan fingerprint density at radius 1 is 1.20 bits per heavy atom. The van der Waals surface area contributed by atoms with Crippen LogP contribution in [0.3, 0.4) is 0 Å². The van der Waals surface area contributed by atoms with E-state index in [1.165, 1.54) is 38.5 Å². The average molecular weight is 276 g/mol. The van der Waals surface area contributed by atoms with Gasteiger partial charge in [0.25, 0.3) is 0 Å². The molecule has 2 aliphatic rings. The SMILES string of the molecule is CN(CC1(CNC2CC2)CCCC1)c1ccc(F)cc1. The second-order valence-corrected chi connectivity index (χ2v) is 6.69. The fraction of sp³-hybridized carbons (Fsp3) is 0.647. The third kappa shape index (κ3) is 3.32. The molecule has 3 heteroatoms. The Bertz CT molecular complexity index is 433. The quantitative estimate of drug-likeness (QED) is 0.854. The third-order valence-electron chi connectivity index (χ3n) is 4.85. The van der Waals surface area contributed by atoms with Crippen LogP contribution in [-0.2, 0) is 0 Å². The minimum atomic E-state index is -0.159. The minimum absolute atomic E-state index is 0.159. The van der Waals surface area contributed by atoms with Gasteiger partial charge in [-0.15, -0.1) is 0 Å². The highest BCUT2D eigenvalue weighted by Gasteiger charge is 2.36. The summed E-state index contributed by atoms with van der Waals surface area (Å²) in [5.74, 6) is -0.159. The molecule has 2 saturated carbocycles. The van der Waals surface area contributed by atoms with E-state index in [4.69, 9.17) is 0 Å². The topological polar surface area (TPSA) is 15.3 Å². The van der Waals surface area contributed by atoms with E-state index in [1.54, 1.807) is 12.1 Å². The summed E-state index contributed by atoms with van der Waals surface area (Å²) in [5, 5.41) is 3.72. The summed E-state index contributed by atoms with van der Waals surface area (Å²) in [6, 6.07) is 7.65. The molecule has 3 rings (SSSR count). The molecule has 2 aliphatic carbocycles. The molecule has 110 valence electrons. The van der Waals surface area contributed by atoms with Gasteiger partial charge in [0.1, 0.15) is 5.82 Å². The molecular weight excluding hydrogens is 251 g/mol. The van der Waals surface area contributed by atoms with Crippen molar-refractivity contribution in [2.45, 2.75) is 44.6 Å². The second kappa shape index (κ2) is 5.72. The monoisotopic (exact) mass is 276 g/mol. The van der Waals surface area contributed by atoms with Crippen molar-refractivity contribution in [3.63, 3.8) is 0 Å². The minimum Gasteiger partial charge on any atom is -0.374 e. The van der Waals surface area contributed by atoms with Crippen LogP contribution in [0.4, 0.5) is 10.1 Å². The van der Waals surface area contributed by atoms with Crippen molar-refractivity contribution in [3.05, 3.63) is 30.1 Å². The van der Waals surface area contributed by atoms with Crippen LogP contribution in [0.5, 0.6) is 0 Å². The standard InChI is InChI=1S/C17H25FN2/c1-20(16-8-4-14(18)5-9-16)13-17(10-2-3-11-17)12-19-15-6-7-15/h4-5,8-9,15,19H,2-3,6-7,10-13H2,1H3. The van der Waals surface area contributed by atoms with Gasteiger partial charge in [-0.25, -0.2) is 4.39 Å². The first-order valence-electron chi connectivity index (χ1n) is 7.87. The van der Waals surface area contributed by atoms with Crippen molar-refractivity contribution in [1.29, 1.82) is 0 Å². The lowest BCUT2D eigenvalue weighted by Crippen LogP contribution is -2.42. The molecule has 1 N–H and O–H groups in total. The molecule has 1 aromatic rings. The molecule has 0 bridgehead atoms. The molecule has 0 amide bonds. The Morgan fingerprint density at radius 3 is 2.45 bits per heavy atom. The third-order valence-corrected chi connectivity index (χ3v) is 4.85. The molecule has 0 saturated heterocycles. The maximum Gasteiger partial charge on any atom is 0.123 e. The lowest BCUT2D eigenvalue weighted by atomic mass is 9.85. The molecular formula is C17H25FN2. The first-order chi connectivity index (χ1) is 9.67. The van der Waals surface area contributed by atoms with E-state index in [1.807, 2.05) is 12.1 Å². The molecule has 0 aliphatic heterocycles. The van der Waals surface area contributed by atoms with Crippen LogP contribution in [0, 0.1) is 11.2 Å². The summed E-state index contributed by atoms with van der Waals surface area (Å²) in [6.07, 6.45) is 8.04. The van der Waals surface area contributed by atoms with E-state index >= 15 is 0 Å². The maximum atomic E-state index is 13.0. The summed E-state index contributed by atoms with van der Waals surface area (Å²) >= 11 is 0. The molecule has 0 spiro atoms. The van der Waals surface area contributed by atoms with Crippen molar-refractivity contribution in [2.24, 2.45) is 5.41 Å². The second-order valence-electron chi connectivity index (χ2n) is 6.69. The highest BCUT2D eigenvalue weighted by atomic mass is 19.1. The first kappa shape index (κ1) is 13.9. The lowest BCUT2D eigenvalue weighted by Gasteiger charge is -2.35. The van der Waals surface area contributed by atoms with Gasteiger partial charge in [-0.3, -0.25) is 0 Å². The van der Waals surface area contributed by atoms with E-state index in [9.17, 15) is 4.39 Å². The number of nitrogens with one attached hydrogen (secondary N) is 1. The molecule has 2 fully saturated rings. The summed E-state index contributed by atoms with van der Waals surface area (Å²) in [6.45, 7) is 2.21. The predicted molar refractivity (Wildman–Crippen MR) is 81.6 cm³/mol. The molecule has 2 nitrogen and oxygen atoms in total. The summed E-state index contributed by atoms with van der Waals surface area (Å²) in [5.41, 5.74) is 1.52. The molecule has 0 aromatic heterocycles. The number of nitrogens with zero attached hydrogens (tertiary/aromatic N) is 1. The molecule has 0 unspecified atom stereocenters. The number of anilines is 1. The van der Waals surface area contributed by atoms with Crippen LogP contribution in [0.15, 0.2) is 24.3 Å². The fourth-order valence-corrected chi connectivity index (χ4v) is 3.45.